The number of allylic oxidation sites excluding steroid dienone is 1. The van der Waals surface area contributed by atoms with Crippen LogP contribution in [0.2, 0.25) is 0 Å². The normalized spacial score (nSPS) is 28.1. The molecule has 162 valence electrons. The molecule has 1 unspecified atom stereocenters. The lowest BCUT2D eigenvalue weighted by Gasteiger charge is -2.57. The zero-order valence-corrected chi connectivity index (χ0v) is 18.6. The second-order valence-corrected chi connectivity index (χ2v) is 9.41. The van der Waals surface area contributed by atoms with E-state index in [0.717, 1.165) is 19.3 Å². The minimum atomic E-state index is -0.938. The molecule has 1 aromatic carbocycles. The number of ether oxygens (including phenoxy) is 3. The predicted octanol–water partition coefficient (Wildman–Crippen LogP) is 5.24. The van der Waals surface area contributed by atoms with Gasteiger partial charge in [0.15, 0.2) is 0 Å². The molecule has 4 rings (SSSR count). The molecule has 0 saturated carbocycles. The summed E-state index contributed by atoms with van der Waals surface area (Å²) in [7, 11) is 0. The van der Waals surface area contributed by atoms with Crippen LogP contribution in [0.3, 0.4) is 0 Å². The van der Waals surface area contributed by atoms with Gasteiger partial charge in [0.25, 0.3) is 5.97 Å². The summed E-state index contributed by atoms with van der Waals surface area (Å²) in [6, 6.07) is 10.6. The van der Waals surface area contributed by atoms with E-state index >= 15 is 0 Å². The lowest BCUT2D eigenvalue weighted by atomic mass is 9.89. The van der Waals surface area contributed by atoms with Gasteiger partial charge in [0.05, 0.1) is 31.5 Å². The summed E-state index contributed by atoms with van der Waals surface area (Å²) in [5.41, 5.74) is 0.397. The molecule has 3 aliphatic rings. The van der Waals surface area contributed by atoms with Crippen molar-refractivity contribution in [3.8, 4) is 0 Å². The van der Waals surface area contributed by atoms with Crippen molar-refractivity contribution in [2.24, 2.45) is 5.92 Å². The number of fused-ring (bicyclic) bond motifs is 3. The molecule has 0 amide bonds. The van der Waals surface area contributed by atoms with E-state index in [-0.39, 0.29) is 11.6 Å². The van der Waals surface area contributed by atoms with E-state index in [9.17, 15) is 0 Å². The molecule has 0 N–H and O–H groups in total. The average molecular weight is 404 g/mol. The molecular formula is C24H37NO4. The van der Waals surface area contributed by atoms with Crippen LogP contribution >= 0.6 is 0 Å². The molecule has 1 aromatic rings. The first-order valence-electron chi connectivity index (χ1n) is 10.8. The first kappa shape index (κ1) is 22.4. The summed E-state index contributed by atoms with van der Waals surface area (Å²) in [6.07, 6.45) is 4.92. The van der Waals surface area contributed by atoms with Crippen LogP contribution in [0.4, 0.5) is 0 Å². The van der Waals surface area contributed by atoms with E-state index in [4.69, 9.17) is 19.0 Å². The third kappa shape index (κ3) is 5.09. The van der Waals surface area contributed by atoms with Gasteiger partial charge in [-0.2, -0.15) is 5.06 Å². The molecule has 0 spiro atoms. The van der Waals surface area contributed by atoms with Crippen molar-refractivity contribution in [2.45, 2.75) is 77.0 Å². The maximum atomic E-state index is 6.81. The Morgan fingerprint density at radius 1 is 1.14 bits per heavy atom. The molecule has 0 radical (unpaired) electrons. The highest BCUT2D eigenvalue weighted by Gasteiger charge is 2.56. The van der Waals surface area contributed by atoms with Gasteiger partial charge in [-0.15, -0.1) is 6.58 Å². The lowest BCUT2D eigenvalue weighted by Crippen LogP contribution is -2.71. The van der Waals surface area contributed by atoms with E-state index in [0.29, 0.717) is 25.7 Å². The molecule has 2 bridgehead atoms. The largest absolute Gasteiger partial charge is 0.325 e. The van der Waals surface area contributed by atoms with Gasteiger partial charge < -0.3 is 14.2 Å². The number of hydrogen-bond acceptors (Lipinski definition) is 5. The lowest BCUT2D eigenvalue weighted by molar-refractivity contribution is -0.485. The molecule has 1 atom stereocenters. The van der Waals surface area contributed by atoms with Crippen LogP contribution in [0.5, 0.6) is 0 Å². The Labute approximate surface area is 175 Å². The first-order valence-corrected chi connectivity index (χ1v) is 10.8. The second kappa shape index (κ2) is 8.86. The number of hydroxylamine groups is 2. The summed E-state index contributed by atoms with van der Waals surface area (Å²) >= 11 is 0. The van der Waals surface area contributed by atoms with Gasteiger partial charge in [0.1, 0.15) is 5.54 Å². The Morgan fingerprint density at radius 3 is 2.24 bits per heavy atom. The van der Waals surface area contributed by atoms with Gasteiger partial charge >= 0.3 is 0 Å². The second-order valence-electron chi connectivity index (χ2n) is 9.41. The standard InChI is InChI=1S/C24H37NO4/c1-7-8-12-15-22(4,5)29-25(21(19(2)3)20-13-10-9-11-14-20)24-16-26-23(6,27-17-24)28-18-24/h7,9-11,13-14,19,21H,1,8,12,15-18H2,2-6H3. The third-order valence-electron chi connectivity index (χ3n) is 5.83. The van der Waals surface area contributed by atoms with E-state index in [2.05, 4.69) is 63.6 Å². The molecule has 3 saturated heterocycles. The number of unbranched alkanes of at least 4 members (excludes halogenated alkanes) is 1. The van der Waals surface area contributed by atoms with Gasteiger partial charge in [-0.3, -0.25) is 4.84 Å². The topological polar surface area (TPSA) is 40.2 Å². The van der Waals surface area contributed by atoms with Crippen LogP contribution in [0, 0.1) is 5.92 Å². The molecular weight excluding hydrogens is 366 g/mol. The molecule has 0 aliphatic carbocycles. The smallest absolute Gasteiger partial charge is 0.280 e. The van der Waals surface area contributed by atoms with Crippen LogP contribution in [0.1, 0.15) is 65.5 Å². The molecule has 3 aliphatic heterocycles. The molecule has 3 fully saturated rings. The van der Waals surface area contributed by atoms with Gasteiger partial charge in [-0.25, -0.2) is 0 Å². The van der Waals surface area contributed by atoms with E-state index < -0.39 is 11.5 Å². The van der Waals surface area contributed by atoms with E-state index in [1.54, 1.807) is 0 Å². The molecule has 3 heterocycles. The Morgan fingerprint density at radius 2 is 1.72 bits per heavy atom. The summed E-state index contributed by atoms with van der Waals surface area (Å²) in [6.45, 7) is 16.0. The molecule has 5 nitrogen and oxygen atoms in total. The monoisotopic (exact) mass is 403 g/mol. The van der Waals surface area contributed by atoms with Crippen molar-refractivity contribution in [3.05, 3.63) is 48.6 Å². The van der Waals surface area contributed by atoms with Crippen LogP contribution in [-0.4, -0.2) is 42.0 Å². The first-order chi connectivity index (χ1) is 13.7. The van der Waals surface area contributed by atoms with Gasteiger partial charge in [0.2, 0.25) is 0 Å². The Bertz CT molecular complexity index is 648. The van der Waals surface area contributed by atoms with Crippen LogP contribution in [-0.2, 0) is 19.0 Å². The van der Waals surface area contributed by atoms with Crippen LogP contribution in [0.15, 0.2) is 43.0 Å². The SMILES string of the molecule is C=CCCCC(C)(C)ON(C(c1ccccc1)C(C)C)C12COC(C)(OC1)OC2. The average Bonchev–Trinajstić information content (AvgIpc) is 2.69. The molecule has 29 heavy (non-hydrogen) atoms. The molecule has 0 aromatic heterocycles. The fourth-order valence-corrected chi connectivity index (χ4v) is 4.11. The highest BCUT2D eigenvalue weighted by molar-refractivity contribution is 5.20. The summed E-state index contributed by atoms with van der Waals surface area (Å²) in [4.78, 5) is 6.81. The van der Waals surface area contributed by atoms with E-state index in [1.165, 1.54) is 5.56 Å². The summed E-state index contributed by atoms with van der Waals surface area (Å²) < 4.78 is 17.8. The third-order valence-corrected chi connectivity index (χ3v) is 5.83. The predicted molar refractivity (Wildman–Crippen MR) is 114 cm³/mol. The van der Waals surface area contributed by atoms with Crippen LogP contribution in [0.25, 0.3) is 0 Å². The van der Waals surface area contributed by atoms with Gasteiger partial charge in [0, 0.05) is 6.92 Å². The van der Waals surface area contributed by atoms with Crippen molar-refractivity contribution < 1.29 is 19.0 Å². The number of benzene rings is 1. The van der Waals surface area contributed by atoms with Crippen molar-refractivity contribution in [1.29, 1.82) is 0 Å². The fraction of sp³-hybridized carbons (Fsp3) is 0.667. The van der Waals surface area contributed by atoms with Gasteiger partial charge in [-0.05, 0) is 44.6 Å². The quantitative estimate of drug-likeness (QED) is 0.303. The van der Waals surface area contributed by atoms with Crippen molar-refractivity contribution >= 4 is 0 Å². The van der Waals surface area contributed by atoms with Gasteiger partial charge in [-0.1, -0.05) is 50.3 Å². The van der Waals surface area contributed by atoms with Crippen molar-refractivity contribution in [1.82, 2.24) is 5.06 Å². The highest BCUT2D eigenvalue weighted by Crippen LogP contribution is 2.44. The minimum Gasteiger partial charge on any atom is -0.325 e. The Hall–Kier alpha value is -1.24. The zero-order chi connectivity index (χ0) is 21.1. The number of nitrogens with zero attached hydrogens (tertiary/aromatic N) is 1. The summed E-state index contributed by atoms with van der Waals surface area (Å²) in [5.74, 6) is -0.613. The van der Waals surface area contributed by atoms with E-state index in [1.807, 2.05) is 19.1 Å². The van der Waals surface area contributed by atoms with Crippen molar-refractivity contribution in [2.75, 3.05) is 19.8 Å². The Balaban J connectivity index is 1.93. The number of hydrogen-bond donors (Lipinski definition) is 0. The summed E-state index contributed by atoms with van der Waals surface area (Å²) in [5, 5.41) is 2.14. The maximum Gasteiger partial charge on any atom is 0.280 e. The van der Waals surface area contributed by atoms with Crippen molar-refractivity contribution in [3.63, 3.8) is 0 Å². The Kier molecular flexibility index (Phi) is 6.86. The van der Waals surface area contributed by atoms with Crippen LogP contribution < -0.4 is 0 Å². The zero-order valence-electron chi connectivity index (χ0n) is 18.6. The fourth-order valence-electron chi connectivity index (χ4n) is 4.11. The highest BCUT2D eigenvalue weighted by atomic mass is 16.9. The number of rotatable bonds is 10. The minimum absolute atomic E-state index is 0.0492. The maximum absolute atomic E-state index is 6.81. The molecule has 5 heteroatoms.